The molecule has 0 spiro atoms. The number of nitrogens with zero attached hydrogens (tertiary/aromatic N) is 1. The lowest BCUT2D eigenvalue weighted by molar-refractivity contribution is -0.181. The second-order valence-electron chi connectivity index (χ2n) is 12.7. The summed E-state index contributed by atoms with van der Waals surface area (Å²) in [5, 5.41) is 24.4. The normalized spacial score (nSPS) is 37.2. The quantitative estimate of drug-likeness (QED) is 0.568. The monoisotopic (exact) mass is 531 g/mol. The van der Waals surface area contributed by atoms with Gasteiger partial charge in [0.25, 0.3) is 0 Å². The number of aryl methyl sites for hydroxylation is 1. The average molecular weight is 532 g/mol. The number of aliphatic hydroxyl groups excluding tert-OH is 1. The maximum absolute atomic E-state index is 13.5. The predicted octanol–water partition coefficient (Wildman–Crippen LogP) is 3.84. The third kappa shape index (κ3) is 3.88. The van der Waals surface area contributed by atoms with Gasteiger partial charge in [0.05, 0.1) is 12.5 Å². The fourth-order valence-electron chi connectivity index (χ4n) is 8.69. The average Bonchev–Trinajstić information content (AvgIpc) is 3.39. The first-order valence-electron chi connectivity index (χ1n) is 14.0. The molecule has 2 aromatic rings. The first kappa shape index (κ1) is 26.2. The highest BCUT2D eigenvalue weighted by atomic mass is 16.5. The fraction of sp³-hybridized carbons (Fsp3) is 0.531. The Morgan fingerprint density at radius 1 is 1.18 bits per heavy atom. The van der Waals surface area contributed by atoms with E-state index >= 15 is 0 Å². The van der Waals surface area contributed by atoms with E-state index in [1.807, 2.05) is 55.1 Å². The van der Waals surface area contributed by atoms with Crippen LogP contribution in [0.5, 0.6) is 0 Å². The van der Waals surface area contributed by atoms with Crippen molar-refractivity contribution < 1.29 is 29.3 Å². The number of rotatable bonds is 5. The van der Waals surface area contributed by atoms with Crippen LogP contribution in [0, 0.1) is 28.6 Å². The molecule has 0 amide bonds. The van der Waals surface area contributed by atoms with E-state index in [9.17, 15) is 24.6 Å². The lowest BCUT2D eigenvalue weighted by Crippen LogP contribution is -2.61. The van der Waals surface area contributed by atoms with Crippen LogP contribution in [0.2, 0.25) is 0 Å². The van der Waals surface area contributed by atoms with E-state index in [2.05, 4.69) is 6.92 Å². The number of benzene rings is 1. The summed E-state index contributed by atoms with van der Waals surface area (Å²) in [6, 6.07) is 7.78. The number of esters is 1. The molecule has 3 saturated carbocycles. The maximum atomic E-state index is 13.5. The summed E-state index contributed by atoms with van der Waals surface area (Å²) in [6.07, 6.45) is 9.39. The van der Waals surface area contributed by atoms with Crippen LogP contribution < -0.4 is 0 Å². The summed E-state index contributed by atoms with van der Waals surface area (Å²) in [4.78, 5) is 38.2. The highest BCUT2D eigenvalue weighted by molar-refractivity contribution is 6.01. The summed E-state index contributed by atoms with van der Waals surface area (Å²) in [5.41, 5.74) is -0.00443. The summed E-state index contributed by atoms with van der Waals surface area (Å²) in [5.74, 6) is -0.909. The number of carbonyl (C=O) groups excluding carboxylic acids is 3. The number of aliphatic hydroxyl groups is 2. The molecule has 0 aliphatic heterocycles. The van der Waals surface area contributed by atoms with Gasteiger partial charge in [-0.15, -0.1) is 0 Å². The standard InChI is InChI=1S/C32H37NO6/c1-30-11-8-22(34)16-21(30)6-7-23-24-9-12-32(38,31(24,2)17-26(35)29(23)30)27(36)18-39-28(37)15-19-4-5-20-10-13-33(3)25(20)14-19/h4-5,8,10-11,13-14,16,23-24,26,29,35,38H,6-7,9,12,15,17-18H2,1-3H3/t23?,24?,26?,29?,30?,31?,32-/m0/s1. The highest BCUT2D eigenvalue weighted by Crippen LogP contribution is 2.67. The van der Waals surface area contributed by atoms with E-state index in [0.29, 0.717) is 12.8 Å². The summed E-state index contributed by atoms with van der Waals surface area (Å²) >= 11 is 0. The zero-order valence-electron chi connectivity index (χ0n) is 22.9. The Labute approximate surface area is 228 Å². The van der Waals surface area contributed by atoms with Crippen molar-refractivity contribution in [1.29, 1.82) is 0 Å². The largest absolute Gasteiger partial charge is 0.457 e. The van der Waals surface area contributed by atoms with Gasteiger partial charge in [-0.3, -0.25) is 14.4 Å². The van der Waals surface area contributed by atoms with E-state index < -0.39 is 40.9 Å². The van der Waals surface area contributed by atoms with Crippen LogP contribution in [0.1, 0.15) is 51.5 Å². The van der Waals surface area contributed by atoms with Gasteiger partial charge < -0.3 is 19.5 Å². The molecular formula is C32H37NO6. The van der Waals surface area contributed by atoms with Gasteiger partial charge >= 0.3 is 5.97 Å². The van der Waals surface area contributed by atoms with Crippen molar-refractivity contribution in [2.45, 2.75) is 64.1 Å². The fourth-order valence-corrected chi connectivity index (χ4v) is 8.69. The Balaban J connectivity index is 1.16. The zero-order chi connectivity index (χ0) is 27.7. The smallest absolute Gasteiger partial charge is 0.310 e. The van der Waals surface area contributed by atoms with Crippen molar-refractivity contribution in [2.24, 2.45) is 35.6 Å². The Bertz CT molecular complexity index is 1440. The second kappa shape index (κ2) is 9.00. The molecule has 0 radical (unpaired) electrons. The van der Waals surface area contributed by atoms with E-state index in [-0.39, 0.29) is 36.4 Å². The molecule has 39 heavy (non-hydrogen) atoms. The molecule has 7 heteroatoms. The molecule has 0 saturated heterocycles. The third-order valence-electron chi connectivity index (χ3n) is 10.8. The first-order valence-corrected chi connectivity index (χ1v) is 14.0. The molecule has 6 rings (SSSR count). The van der Waals surface area contributed by atoms with Crippen molar-refractivity contribution in [1.82, 2.24) is 4.57 Å². The van der Waals surface area contributed by atoms with Gasteiger partial charge in [0.1, 0.15) is 5.60 Å². The molecule has 0 bridgehead atoms. The Hall–Kier alpha value is -3.03. The predicted molar refractivity (Wildman–Crippen MR) is 146 cm³/mol. The molecule has 1 aromatic heterocycles. The van der Waals surface area contributed by atoms with Gasteiger partial charge in [0, 0.05) is 35.5 Å². The van der Waals surface area contributed by atoms with Gasteiger partial charge in [-0.05, 0) is 79.2 Å². The molecule has 2 N–H and O–H groups in total. The minimum atomic E-state index is -1.67. The number of ether oxygens (including phenoxy) is 1. The first-order chi connectivity index (χ1) is 18.5. The van der Waals surface area contributed by atoms with Crippen molar-refractivity contribution in [3.63, 3.8) is 0 Å². The Kier molecular flexibility index (Phi) is 6.05. The molecule has 3 fully saturated rings. The zero-order valence-corrected chi connectivity index (χ0v) is 22.9. The molecule has 206 valence electrons. The van der Waals surface area contributed by atoms with E-state index in [4.69, 9.17) is 4.74 Å². The number of ketones is 2. The molecule has 1 aromatic carbocycles. The van der Waals surface area contributed by atoms with Crippen LogP contribution in [0.4, 0.5) is 0 Å². The van der Waals surface area contributed by atoms with Gasteiger partial charge in [-0.25, -0.2) is 0 Å². The highest BCUT2D eigenvalue weighted by Gasteiger charge is 2.68. The topological polar surface area (TPSA) is 106 Å². The number of aromatic nitrogens is 1. The van der Waals surface area contributed by atoms with Crippen LogP contribution in [-0.2, 0) is 32.6 Å². The lowest BCUT2D eigenvalue weighted by atomic mass is 9.46. The van der Waals surface area contributed by atoms with Crippen LogP contribution >= 0.6 is 0 Å². The Morgan fingerprint density at radius 3 is 2.77 bits per heavy atom. The minimum Gasteiger partial charge on any atom is -0.457 e. The van der Waals surface area contributed by atoms with Crippen molar-refractivity contribution >= 4 is 28.4 Å². The summed E-state index contributed by atoms with van der Waals surface area (Å²) < 4.78 is 7.38. The van der Waals surface area contributed by atoms with E-state index in [1.165, 1.54) is 0 Å². The van der Waals surface area contributed by atoms with E-state index in [1.54, 1.807) is 12.2 Å². The van der Waals surface area contributed by atoms with Crippen LogP contribution in [0.3, 0.4) is 0 Å². The SMILES string of the molecule is Cn1ccc2ccc(CC(=O)OCC(=O)[C@@]3(O)CCC4C5CCC6=CC(=O)C=CC6(C)C5C(O)CC43C)cc21. The molecule has 6 unspecified atom stereocenters. The molecule has 4 aliphatic carbocycles. The number of allylic oxidation sites excluding steroid dienone is 4. The van der Waals surface area contributed by atoms with Gasteiger partial charge in [0.15, 0.2) is 12.4 Å². The molecule has 1 heterocycles. The summed E-state index contributed by atoms with van der Waals surface area (Å²) in [7, 11) is 1.94. The molecule has 7 nitrogen and oxygen atoms in total. The third-order valence-corrected chi connectivity index (χ3v) is 10.8. The van der Waals surface area contributed by atoms with E-state index in [0.717, 1.165) is 34.9 Å². The second-order valence-corrected chi connectivity index (χ2v) is 12.7. The Morgan fingerprint density at radius 2 is 1.97 bits per heavy atom. The van der Waals surface area contributed by atoms with Gasteiger partial charge in [-0.2, -0.15) is 0 Å². The van der Waals surface area contributed by atoms with Crippen LogP contribution in [0.25, 0.3) is 10.9 Å². The lowest BCUT2D eigenvalue weighted by Gasteiger charge is -2.59. The molecule has 7 atom stereocenters. The van der Waals surface area contributed by atoms with Crippen LogP contribution in [-0.4, -0.2) is 50.6 Å². The maximum Gasteiger partial charge on any atom is 0.310 e. The van der Waals surface area contributed by atoms with Crippen molar-refractivity contribution in [2.75, 3.05) is 6.61 Å². The number of hydrogen-bond acceptors (Lipinski definition) is 6. The molecule has 4 aliphatic rings. The van der Waals surface area contributed by atoms with Crippen LogP contribution in [0.15, 0.2) is 54.3 Å². The van der Waals surface area contributed by atoms with Gasteiger partial charge in [-0.1, -0.05) is 37.6 Å². The van der Waals surface area contributed by atoms with Crippen molar-refractivity contribution in [3.05, 3.63) is 59.8 Å². The number of carbonyl (C=O) groups is 3. The number of Topliss-reactive ketones (excluding diaryl/α,β-unsaturated/α-hetero) is 1. The van der Waals surface area contributed by atoms with Gasteiger partial charge in [0.2, 0.25) is 5.78 Å². The number of hydrogen-bond donors (Lipinski definition) is 2. The van der Waals surface area contributed by atoms with Crippen molar-refractivity contribution in [3.8, 4) is 0 Å². The number of fused-ring (bicyclic) bond motifs is 6. The minimum absolute atomic E-state index is 0.00744. The molecular weight excluding hydrogens is 494 g/mol. The summed E-state index contributed by atoms with van der Waals surface area (Å²) in [6.45, 7) is 3.54.